The van der Waals surface area contributed by atoms with Crippen LogP contribution in [0.25, 0.3) is 6.08 Å². The summed E-state index contributed by atoms with van der Waals surface area (Å²) in [7, 11) is 0. The van der Waals surface area contributed by atoms with E-state index in [1.54, 1.807) is 6.92 Å². The molecule has 10 heavy (non-hydrogen) atoms. The van der Waals surface area contributed by atoms with Crippen molar-refractivity contribution in [3.05, 3.63) is 34.5 Å². The first kappa shape index (κ1) is 6.74. The zero-order chi connectivity index (χ0) is 7.56. The van der Waals surface area contributed by atoms with Gasteiger partial charge in [-0.3, -0.25) is 4.79 Å². The number of aromatic nitrogens is 2. The van der Waals surface area contributed by atoms with Gasteiger partial charge in [-0.15, -0.1) is 0 Å². The molecule has 0 aromatic carbocycles. The molecule has 0 saturated heterocycles. The van der Waals surface area contributed by atoms with Crippen LogP contribution in [0.5, 0.6) is 0 Å². The number of H-pyrrole nitrogens is 1. The highest BCUT2D eigenvalue weighted by atomic mass is 16.1. The second kappa shape index (κ2) is 2.47. The van der Waals surface area contributed by atoms with Gasteiger partial charge in [0.15, 0.2) is 0 Å². The van der Waals surface area contributed by atoms with Crippen molar-refractivity contribution < 1.29 is 0 Å². The maximum Gasteiger partial charge on any atom is 0.251 e. The number of aromatic amines is 1. The van der Waals surface area contributed by atoms with E-state index in [-0.39, 0.29) is 5.56 Å². The van der Waals surface area contributed by atoms with Crippen LogP contribution in [-0.4, -0.2) is 9.97 Å². The predicted molar refractivity (Wildman–Crippen MR) is 39.7 cm³/mol. The molecule has 1 rings (SSSR count). The monoisotopic (exact) mass is 136 g/mol. The van der Waals surface area contributed by atoms with Crippen LogP contribution in [0, 0.1) is 6.92 Å². The van der Waals surface area contributed by atoms with E-state index in [1.165, 1.54) is 12.1 Å². The lowest BCUT2D eigenvalue weighted by Crippen LogP contribution is -2.08. The van der Waals surface area contributed by atoms with Gasteiger partial charge in [0, 0.05) is 11.8 Å². The van der Waals surface area contributed by atoms with Gasteiger partial charge in [-0.1, -0.05) is 6.58 Å². The molecule has 0 spiro atoms. The first-order valence-electron chi connectivity index (χ1n) is 2.93. The van der Waals surface area contributed by atoms with Gasteiger partial charge in [0.1, 0.15) is 5.82 Å². The van der Waals surface area contributed by atoms with Crippen LogP contribution >= 0.6 is 0 Å². The van der Waals surface area contributed by atoms with Crippen molar-refractivity contribution in [2.45, 2.75) is 6.92 Å². The molecular weight excluding hydrogens is 128 g/mol. The van der Waals surface area contributed by atoms with Gasteiger partial charge in [-0.25, -0.2) is 4.98 Å². The smallest absolute Gasteiger partial charge is 0.251 e. The fourth-order valence-electron chi connectivity index (χ4n) is 0.699. The SMILES string of the molecule is C=Cc1nc(C)cc(=O)[nH]1. The van der Waals surface area contributed by atoms with Crippen molar-refractivity contribution >= 4 is 6.08 Å². The molecule has 0 aliphatic rings. The number of nitrogens with one attached hydrogen (secondary N) is 1. The van der Waals surface area contributed by atoms with Gasteiger partial charge in [-0.2, -0.15) is 0 Å². The summed E-state index contributed by atoms with van der Waals surface area (Å²) in [5.41, 5.74) is 0.570. The molecule has 0 aliphatic carbocycles. The van der Waals surface area contributed by atoms with Gasteiger partial charge < -0.3 is 4.98 Å². The van der Waals surface area contributed by atoms with E-state index in [9.17, 15) is 4.79 Å². The zero-order valence-electron chi connectivity index (χ0n) is 5.72. The highest BCUT2D eigenvalue weighted by Crippen LogP contribution is 1.89. The van der Waals surface area contributed by atoms with Gasteiger partial charge in [0.05, 0.1) is 0 Å². The average molecular weight is 136 g/mol. The summed E-state index contributed by atoms with van der Waals surface area (Å²) in [5.74, 6) is 0.519. The lowest BCUT2D eigenvalue weighted by atomic mass is 10.4. The van der Waals surface area contributed by atoms with E-state index in [0.29, 0.717) is 11.5 Å². The summed E-state index contributed by atoms with van der Waals surface area (Å²) in [6.07, 6.45) is 1.51. The van der Waals surface area contributed by atoms with Crippen LogP contribution in [0.1, 0.15) is 11.5 Å². The van der Waals surface area contributed by atoms with Crippen molar-refractivity contribution in [2.24, 2.45) is 0 Å². The van der Waals surface area contributed by atoms with Crippen LogP contribution in [0.4, 0.5) is 0 Å². The molecule has 0 unspecified atom stereocenters. The molecule has 0 amide bonds. The Morgan fingerprint density at radius 3 is 3.00 bits per heavy atom. The normalized spacial score (nSPS) is 9.30. The van der Waals surface area contributed by atoms with Crippen molar-refractivity contribution in [2.75, 3.05) is 0 Å². The van der Waals surface area contributed by atoms with Crippen LogP contribution in [0.15, 0.2) is 17.4 Å². The van der Waals surface area contributed by atoms with E-state index >= 15 is 0 Å². The van der Waals surface area contributed by atoms with Crippen molar-refractivity contribution in [1.82, 2.24) is 9.97 Å². The van der Waals surface area contributed by atoms with Crippen molar-refractivity contribution in [3.63, 3.8) is 0 Å². The molecule has 1 heterocycles. The molecule has 0 saturated carbocycles. The molecule has 0 radical (unpaired) electrons. The molecule has 3 nitrogen and oxygen atoms in total. The number of hydrogen-bond acceptors (Lipinski definition) is 2. The second-order valence-electron chi connectivity index (χ2n) is 1.98. The topological polar surface area (TPSA) is 45.8 Å². The molecule has 1 aromatic rings. The quantitative estimate of drug-likeness (QED) is 0.618. The predicted octanol–water partition coefficient (Wildman–Crippen LogP) is 0.721. The third kappa shape index (κ3) is 1.31. The number of hydrogen-bond donors (Lipinski definition) is 1. The highest BCUT2D eigenvalue weighted by molar-refractivity contribution is 5.35. The molecule has 3 heteroatoms. The standard InChI is InChI=1S/C7H8N2O/c1-3-6-8-5(2)4-7(10)9-6/h3-4H,1H2,2H3,(H,8,9,10). The van der Waals surface area contributed by atoms with Gasteiger partial charge in [-0.05, 0) is 13.0 Å². The molecule has 0 atom stereocenters. The molecule has 52 valence electrons. The lowest BCUT2D eigenvalue weighted by Gasteiger charge is -1.92. The van der Waals surface area contributed by atoms with Gasteiger partial charge in [0.25, 0.3) is 5.56 Å². The maximum atomic E-state index is 10.7. The number of rotatable bonds is 1. The lowest BCUT2D eigenvalue weighted by molar-refractivity contribution is 1.04. The van der Waals surface area contributed by atoms with E-state index in [4.69, 9.17) is 0 Å². The van der Waals surface area contributed by atoms with E-state index in [1.807, 2.05) is 0 Å². The van der Waals surface area contributed by atoms with Gasteiger partial charge in [0.2, 0.25) is 0 Å². The molecular formula is C7H8N2O. The first-order valence-corrected chi connectivity index (χ1v) is 2.93. The largest absolute Gasteiger partial charge is 0.307 e. The fourth-order valence-corrected chi connectivity index (χ4v) is 0.699. The summed E-state index contributed by atoms with van der Waals surface area (Å²) in [4.78, 5) is 17.2. The molecule has 0 fully saturated rings. The van der Waals surface area contributed by atoms with E-state index in [2.05, 4.69) is 16.5 Å². The first-order chi connectivity index (χ1) is 4.72. The Kier molecular flexibility index (Phi) is 1.67. The number of aryl methyl sites for hydroxylation is 1. The third-order valence-electron chi connectivity index (χ3n) is 1.08. The summed E-state index contributed by atoms with van der Waals surface area (Å²) >= 11 is 0. The van der Waals surface area contributed by atoms with Crippen molar-refractivity contribution in [3.8, 4) is 0 Å². The Balaban J connectivity index is 3.32. The Morgan fingerprint density at radius 2 is 2.50 bits per heavy atom. The molecule has 1 N–H and O–H groups in total. The Hall–Kier alpha value is -1.38. The van der Waals surface area contributed by atoms with Crippen LogP contribution in [0.3, 0.4) is 0 Å². The minimum absolute atomic E-state index is 0.137. The Morgan fingerprint density at radius 1 is 1.80 bits per heavy atom. The van der Waals surface area contributed by atoms with Crippen LogP contribution in [-0.2, 0) is 0 Å². The highest BCUT2D eigenvalue weighted by Gasteiger charge is 1.90. The average Bonchev–Trinajstić information content (AvgIpc) is 1.85. The van der Waals surface area contributed by atoms with E-state index < -0.39 is 0 Å². The second-order valence-corrected chi connectivity index (χ2v) is 1.98. The zero-order valence-corrected chi connectivity index (χ0v) is 5.72. The summed E-state index contributed by atoms with van der Waals surface area (Å²) in [5, 5.41) is 0. The van der Waals surface area contributed by atoms with Crippen molar-refractivity contribution in [1.29, 1.82) is 0 Å². The minimum atomic E-state index is -0.137. The van der Waals surface area contributed by atoms with Gasteiger partial charge >= 0.3 is 0 Å². The fraction of sp³-hybridized carbons (Fsp3) is 0.143. The van der Waals surface area contributed by atoms with Crippen LogP contribution < -0.4 is 5.56 Å². The molecule has 1 aromatic heterocycles. The minimum Gasteiger partial charge on any atom is -0.307 e. The summed E-state index contributed by atoms with van der Waals surface area (Å²) < 4.78 is 0. The van der Waals surface area contributed by atoms with E-state index in [0.717, 1.165) is 0 Å². The number of nitrogens with zero attached hydrogens (tertiary/aromatic N) is 1. The maximum absolute atomic E-state index is 10.7. The molecule has 0 aliphatic heterocycles. The Bertz CT molecular complexity index is 301. The third-order valence-corrected chi connectivity index (χ3v) is 1.08. The Labute approximate surface area is 58.4 Å². The van der Waals surface area contributed by atoms with Crippen LogP contribution in [0.2, 0.25) is 0 Å². The molecule has 0 bridgehead atoms. The summed E-state index contributed by atoms with van der Waals surface area (Å²) in [6, 6.07) is 1.44. The summed E-state index contributed by atoms with van der Waals surface area (Å²) in [6.45, 7) is 5.25.